The first-order valence-corrected chi connectivity index (χ1v) is 17.7. The maximum atomic E-state index is 13.4. The fraction of sp³-hybridized carbons (Fsp3) is 0.325. The average Bonchev–Trinajstić information content (AvgIpc) is 3.16. The number of thiocarbonyl (C=S) groups is 1. The van der Waals surface area contributed by atoms with E-state index in [0.717, 1.165) is 78.3 Å². The molecule has 1 unspecified atom stereocenters. The van der Waals surface area contributed by atoms with Crippen molar-refractivity contribution in [1.29, 1.82) is 5.26 Å². The average molecular weight is 718 g/mol. The second kappa shape index (κ2) is 15.9. The molecule has 1 fully saturated rings. The molecule has 0 bridgehead atoms. The quantitative estimate of drug-likeness (QED) is 0.140. The number of benzene rings is 2. The molecule has 12 heteroatoms. The van der Waals surface area contributed by atoms with Gasteiger partial charge >= 0.3 is 0 Å². The van der Waals surface area contributed by atoms with Gasteiger partial charge in [0.15, 0.2) is 0 Å². The Morgan fingerprint density at radius 3 is 2.40 bits per heavy atom. The number of allylic oxidation sites excluding steroid dienone is 2. The molecule has 6 rings (SSSR count). The minimum absolute atomic E-state index is 0.00860. The normalized spacial score (nSPS) is 16.9. The number of piperazine rings is 1. The van der Waals surface area contributed by atoms with E-state index in [1.165, 1.54) is 29.5 Å². The molecule has 1 saturated heterocycles. The number of amides is 1. The number of rotatable bonds is 10. The number of fused-ring (bicyclic) bond motifs is 2. The van der Waals surface area contributed by atoms with Crippen LogP contribution < -0.4 is 20.8 Å². The van der Waals surface area contributed by atoms with E-state index in [0.29, 0.717) is 23.3 Å². The fourth-order valence-electron chi connectivity index (χ4n) is 7.36. The minimum Gasteiger partial charge on any atom is -0.496 e. The lowest BCUT2D eigenvalue weighted by Gasteiger charge is -2.38. The van der Waals surface area contributed by atoms with Crippen molar-refractivity contribution >= 4 is 33.8 Å². The summed E-state index contributed by atoms with van der Waals surface area (Å²) in [6.45, 7) is 7.60. The molecular formula is C40H43N7O4S. The molecule has 2 aliphatic heterocycles. The van der Waals surface area contributed by atoms with Gasteiger partial charge in [0, 0.05) is 81.9 Å². The van der Waals surface area contributed by atoms with Crippen LogP contribution in [-0.4, -0.2) is 82.0 Å². The smallest absolute Gasteiger partial charge is 0.265 e. The zero-order chi connectivity index (χ0) is 36.9. The summed E-state index contributed by atoms with van der Waals surface area (Å²) in [5, 5.41) is 11.1. The lowest BCUT2D eigenvalue weighted by atomic mass is 9.89. The largest absolute Gasteiger partial charge is 0.496 e. The second-order valence-electron chi connectivity index (χ2n) is 13.1. The number of aromatic nitrogens is 2. The molecule has 4 aromatic rings. The summed E-state index contributed by atoms with van der Waals surface area (Å²) in [4.78, 5) is 37.3. The molecule has 0 saturated carbocycles. The topological polar surface area (TPSA) is 130 Å². The Labute approximate surface area is 309 Å². The molecule has 1 amide bonds. The molecule has 52 heavy (non-hydrogen) atoms. The summed E-state index contributed by atoms with van der Waals surface area (Å²) in [6.07, 6.45) is 10.1. The summed E-state index contributed by atoms with van der Waals surface area (Å²) in [5.41, 5.74) is 11.8. The van der Waals surface area contributed by atoms with Crippen molar-refractivity contribution in [3.8, 4) is 28.7 Å². The highest BCUT2D eigenvalue weighted by molar-refractivity contribution is 7.81. The van der Waals surface area contributed by atoms with Gasteiger partial charge in [0.05, 0.1) is 31.2 Å². The summed E-state index contributed by atoms with van der Waals surface area (Å²) >= 11 is 5.21. The Kier molecular flexibility index (Phi) is 11.1. The number of methoxy groups -OCH3 is 2. The lowest BCUT2D eigenvalue weighted by Crippen LogP contribution is -2.45. The SMILES string of the molecule is COc1cc(-c2cn(C)c(=O)c3cnccc23)cc(OC)c1CN1CCN(Cc2cccc3c2CCN(C(=O)/C(C#N)=C\C(=S)/C=C\N)C3C)CC1. The number of hydrogen-bond acceptors (Lipinski definition) is 10. The van der Waals surface area contributed by atoms with Crippen LogP contribution in [0.4, 0.5) is 0 Å². The van der Waals surface area contributed by atoms with Gasteiger partial charge in [-0.15, -0.1) is 0 Å². The molecule has 2 N–H and O–H groups in total. The van der Waals surface area contributed by atoms with E-state index >= 15 is 0 Å². The standard InChI is InChI=1S/C40H43N7O4S/c1-26-31-7-5-6-27(32(31)10-13-47(26)39(48)29(21-42)18-30(52)8-11-41)23-45-14-16-46(17-15-45)25-36-37(50-3)19-28(20-38(36)51-4)35-24-44(2)40(49)34-22-43-12-9-33(34)35/h5-9,11-12,18-20,22,24,26H,10,13-17,23,25,41H2,1-4H3/b11-8-,29-18-. The number of carbonyl (C=O) groups is 1. The van der Waals surface area contributed by atoms with Crippen molar-refractivity contribution in [1.82, 2.24) is 24.3 Å². The van der Waals surface area contributed by atoms with E-state index in [1.54, 1.807) is 43.1 Å². The van der Waals surface area contributed by atoms with Gasteiger partial charge in [-0.25, -0.2) is 0 Å². The zero-order valence-electron chi connectivity index (χ0n) is 30.0. The monoisotopic (exact) mass is 717 g/mol. The summed E-state index contributed by atoms with van der Waals surface area (Å²) in [6, 6.07) is 14.1. The molecule has 2 aromatic carbocycles. The van der Waals surface area contributed by atoms with E-state index < -0.39 is 0 Å². The van der Waals surface area contributed by atoms with Crippen molar-refractivity contribution in [2.45, 2.75) is 32.5 Å². The first-order valence-electron chi connectivity index (χ1n) is 17.3. The zero-order valence-corrected chi connectivity index (χ0v) is 30.8. The first-order chi connectivity index (χ1) is 25.2. The van der Waals surface area contributed by atoms with Gasteiger partial charge in [0.1, 0.15) is 23.1 Å². The van der Waals surface area contributed by atoms with Crippen molar-refractivity contribution in [2.24, 2.45) is 12.8 Å². The van der Waals surface area contributed by atoms with Crippen LogP contribution in [0.15, 0.2) is 83.7 Å². The highest BCUT2D eigenvalue weighted by atomic mass is 32.1. The van der Waals surface area contributed by atoms with E-state index in [9.17, 15) is 14.9 Å². The molecule has 268 valence electrons. The molecule has 11 nitrogen and oxygen atoms in total. The Hall–Kier alpha value is -5.35. The second-order valence-corrected chi connectivity index (χ2v) is 13.6. The molecule has 0 aliphatic carbocycles. The van der Waals surface area contributed by atoms with Crippen molar-refractivity contribution in [3.63, 3.8) is 0 Å². The van der Waals surface area contributed by atoms with Crippen LogP contribution in [0.1, 0.15) is 35.2 Å². The Morgan fingerprint density at radius 2 is 1.75 bits per heavy atom. The predicted octanol–water partition coefficient (Wildman–Crippen LogP) is 4.67. The maximum absolute atomic E-state index is 13.4. The van der Waals surface area contributed by atoms with E-state index in [-0.39, 0.29) is 23.1 Å². The third-order valence-electron chi connectivity index (χ3n) is 10.1. The fourth-order valence-corrected chi connectivity index (χ4v) is 7.56. The number of hydrogen-bond donors (Lipinski definition) is 1. The van der Waals surface area contributed by atoms with Gasteiger partial charge in [-0.05, 0) is 77.5 Å². The molecular weight excluding hydrogens is 675 g/mol. The van der Waals surface area contributed by atoms with Gasteiger partial charge in [-0.2, -0.15) is 5.26 Å². The van der Waals surface area contributed by atoms with Crippen molar-refractivity contribution in [3.05, 3.63) is 112 Å². The van der Waals surface area contributed by atoms with Crippen LogP contribution in [0.3, 0.4) is 0 Å². The molecule has 1 atom stereocenters. The molecule has 0 spiro atoms. The number of pyridine rings is 2. The lowest BCUT2D eigenvalue weighted by molar-refractivity contribution is -0.129. The number of nitrogens with two attached hydrogens (primary N) is 1. The van der Waals surface area contributed by atoms with E-state index in [1.807, 2.05) is 37.4 Å². The summed E-state index contributed by atoms with van der Waals surface area (Å²) in [5.74, 6) is 1.15. The minimum atomic E-state index is -0.323. The van der Waals surface area contributed by atoms with Crippen LogP contribution in [0.5, 0.6) is 11.5 Å². The van der Waals surface area contributed by atoms with Gasteiger partial charge in [0.25, 0.3) is 11.5 Å². The van der Waals surface area contributed by atoms with Gasteiger partial charge in [0.2, 0.25) is 0 Å². The summed E-state index contributed by atoms with van der Waals surface area (Å²) in [7, 11) is 5.10. The predicted molar refractivity (Wildman–Crippen MR) is 206 cm³/mol. The third kappa shape index (κ3) is 7.34. The maximum Gasteiger partial charge on any atom is 0.265 e. The Balaban J connectivity index is 1.14. The van der Waals surface area contributed by atoms with Crippen LogP contribution in [-0.2, 0) is 31.4 Å². The number of ether oxygens (including phenoxy) is 2. The number of aryl methyl sites for hydroxylation is 1. The molecule has 4 heterocycles. The van der Waals surface area contributed by atoms with Crippen LogP contribution in [0.2, 0.25) is 0 Å². The highest BCUT2D eigenvalue weighted by Crippen LogP contribution is 2.38. The molecule has 0 radical (unpaired) electrons. The van der Waals surface area contributed by atoms with Crippen LogP contribution in [0, 0.1) is 11.3 Å². The van der Waals surface area contributed by atoms with Crippen molar-refractivity contribution in [2.75, 3.05) is 46.9 Å². The van der Waals surface area contributed by atoms with Crippen LogP contribution in [0.25, 0.3) is 21.9 Å². The Morgan fingerprint density at radius 1 is 1.06 bits per heavy atom. The van der Waals surface area contributed by atoms with Gasteiger partial charge < -0.3 is 24.7 Å². The number of nitrogens with zero attached hydrogens (tertiary/aromatic N) is 6. The van der Waals surface area contributed by atoms with E-state index in [4.69, 9.17) is 27.4 Å². The first kappa shape index (κ1) is 36.4. The molecule has 2 aliphatic rings. The molecule has 2 aromatic heterocycles. The van der Waals surface area contributed by atoms with Gasteiger partial charge in [-0.3, -0.25) is 24.4 Å². The third-order valence-corrected chi connectivity index (χ3v) is 10.4. The van der Waals surface area contributed by atoms with Crippen LogP contribution >= 0.6 is 12.2 Å². The Bertz CT molecular complexity index is 2150. The van der Waals surface area contributed by atoms with Crippen molar-refractivity contribution < 1.29 is 14.3 Å². The highest BCUT2D eigenvalue weighted by Gasteiger charge is 2.31. The van der Waals surface area contributed by atoms with Gasteiger partial charge in [-0.1, -0.05) is 30.4 Å². The number of carbonyl (C=O) groups excluding carboxylic acids is 1. The number of nitriles is 1. The van der Waals surface area contributed by atoms with E-state index in [2.05, 4.69) is 33.0 Å². The summed E-state index contributed by atoms with van der Waals surface area (Å²) < 4.78 is 13.4.